The van der Waals surface area contributed by atoms with E-state index in [9.17, 15) is 4.79 Å². The third kappa shape index (κ3) is 4.18. The zero-order chi connectivity index (χ0) is 13.5. The van der Waals surface area contributed by atoms with Gasteiger partial charge in [-0.3, -0.25) is 9.78 Å². The van der Waals surface area contributed by atoms with E-state index in [2.05, 4.69) is 31.4 Å². The number of aromatic nitrogens is 1. The maximum atomic E-state index is 11.7. The van der Waals surface area contributed by atoms with Crippen molar-refractivity contribution < 1.29 is 9.21 Å². The number of pyridine rings is 1. The van der Waals surface area contributed by atoms with Crippen LogP contribution in [0.4, 0.5) is 0 Å². The molecular formula is C13H10BrN3O2. The van der Waals surface area contributed by atoms with Crippen LogP contribution in [-0.2, 0) is 0 Å². The van der Waals surface area contributed by atoms with Gasteiger partial charge in [0.1, 0.15) is 5.76 Å². The number of hydrazone groups is 1. The maximum Gasteiger partial charge on any atom is 0.272 e. The summed E-state index contributed by atoms with van der Waals surface area (Å²) < 4.78 is 5.83. The molecule has 0 aliphatic heterocycles. The molecule has 0 atom stereocenters. The number of hydrogen-bond donors (Lipinski definition) is 1. The fraction of sp³-hybridized carbons (Fsp3) is 0. The van der Waals surface area contributed by atoms with Crippen LogP contribution in [0.5, 0.6) is 0 Å². The molecule has 2 rings (SSSR count). The zero-order valence-electron chi connectivity index (χ0n) is 9.79. The van der Waals surface area contributed by atoms with Crippen molar-refractivity contribution in [3.05, 3.63) is 58.7 Å². The molecule has 1 N–H and O–H groups in total. The van der Waals surface area contributed by atoms with Crippen molar-refractivity contribution in [2.24, 2.45) is 5.10 Å². The molecule has 5 nitrogen and oxygen atoms in total. The van der Waals surface area contributed by atoms with Gasteiger partial charge in [-0.05, 0) is 46.3 Å². The molecule has 19 heavy (non-hydrogen) atoms. The highest BCUT2D eigenvalue weighted by Crippen LogP contribution is 2.09. The Hall–Kier alpha value is -2.21. The Morgan fingerprint density at radius 1 is 1.47 bits per heavy atom. The van der Waals surface area contributed by atoms with Crippen LogP contribution in [0.15, 0.2) is 56.9 Å². The van der Waals surface area contributed by atoms with Gasteiger partial charge in [0.05, 0.1) is 11.8 Å². The second-order valence-electron chi connectivity index (χ2n) is 3.49. The minimum absolute atomic E-state index is 0.323. The fourth-order valence-electron chi connectivity index (χ4n) is 1.26. The average molecular weight is 320 g/mol. The van der Waals surface area contributed by atoms with E-state index < -0.39 is 0 Å². The van der Waals surface area contributed by atoms with Crippen molar-refractivity contribution in [3.63, 3.8) is 0 Å². The molecule has 6 heteroatoms. The Bertz CT molecular complexity index is 606. The highest BCUT2D eigenvalue weighted by molar-refractivity contribution is 9.10. The van der Waals surface area contributed by atoms with Gasteiger partial charge in [0.25, 0.3) is 5.91 Å². The Balaban J connectivity index is 1.87. The van der Waals surface area contributed by atoms with Crippen molar-refractivity contribution >= 4 is 34.1 Å². The van der Waals surface area contributed by atoms with Crippen molar-refractivity contribution in [3.8, 4) is 0 Å². The number of allylic oxidation sites excluding steroid dienone is 1. The summed E-state index contributed by atoms with van der Waals surface area (Å²) in [4.78, 5) is 15.6. The Labute approximate surface area is 118 Å². The fourth-order valence-corrected chi connectivity index (χ4v) is 1.63. The number of rotatable bonds is 4. The number of carbonyl (C=O) groups is 1. The third-order valence-electron chi connectivity index (χ3n) is 2.10. The first-order valence-corrected chi connectivity index (χ1v) is 6.19. The topological polar surface area (TPSA) is 67.5 Å². The number of halogens is 1. The maximum absolute atomic E-state index is 11.7. The molecule has 0 radical (unpaired) electrons. The van der Waals surface area contributed by atoms with Crippen LogP contribution >= 0.6 is 15.9 Å². The van der Waals surface area contributed by atoms with Gasteiger partial charge in [-0.1, -0.05) is 0 Å². The van der Waals surface area contributed by atoms with Gasteiger partial charge in [0.15, 0.2) is 0 Å². The van der Waals surface area contributed by atoms with Crippen LogP contribution in [0.3, 0.4) is 0 Å². The molecular weight excluding hydrogens is 310 g/mol. The van der Waals surface area contributed by atoms with E-state index in [0.29, 0.717) is 11.3 Å². The smallest absolute Gasteiger partial charge is 0.272 e. The van der Waals surface area contributed by atoms with Crippen molar-refractivity contribution in [2.75, 3.05) is 0 Å². The molecule has 0 spiro atoms. The van der Waals surface area contributed by atoms with E-state index in [1.54, 1.807) is 36.7 Å². The summed E-state index contributed by atoms with van der Waals surface area (Å²) >= 11 is 3.24. The number of nitrogens with one attached hydrogen (secondary N) is 1. The van der Waals surface area contributed by atoms with Crippen LogP contribution in [0.2, 0.25) is 0 Å². The number of carbonyl (C=O) groups excluding carboxylic acids is 1. The summed E-state index contributed by atoms with van der Waals surface area (Å²) in [6.07, 6.45) is 9.51. The molecule has 0 bridgehead atoms. The van der Waals surface area contributed by atoms with Crippen LogP contribution in [0.25, 0.3) is 6.08 Å². The molecule has 0 aromatic carbocycles. The zero-order valence-corrected chi connectivity index (χ0v) is 11.4. The number of nitrogens with zero attached hydrogens (tertiary/aromatic N) is 2. The molecule has 2 heterocycles. The minimum atomic E-state index is -0.323. The molecule has 0 fully saturated rings. The Morgan fingerprint density at radius 2 is 2.37 bits per heavy atom. The first-order valence-electron chi connectivity index (χ1n) is 5.40. The van der Waals surface area contributed by atoms with Crippen LogP contribution in [0.1, 0.15) is 16.1 Å². The van der Waals surface area contributed by atoms with E-state index >= 15 is 0 Å². The largest absolute Gasteiger partial charge is 0.465 e. The lowest BCUT2D eigenvalue weighted by molar-refractivity contribution is 0.0954. The van der Waals surface area contributed by atoms with Crippen LogP contribution in [-0.4, -0.2) is 17.1 Å². The van der Waals surface area contributed by atoms with E-state index in [4.69, 9.17) is 4.42 Å². The molecule has 0 aliphatic carbocycles. The number of furan rings is 1. The van der Waals surface area contributed by atoms with Gasteiger partial charge in [0.2, 0.25) is 0 Å². The Morgan fingerprint density at radius 3 is 3.11 bits per heavy atom. The molecule has 0 saturated carbocycles. The lowest BCUT2D eigenvalue weighted by atomic mass is 10.3. The van der Waals surface area contributed by atoms with E-state index in [1.165, 1.54) is 12.4 Å². The highest BCUT2D eigenvalue weighted by atomic mass is 79.9. The lowest BCUT2D eigenvalue weighted by Crippen LogP contribution is -2.17. The molecule has 0 aliphatic rings. The van der Waals surface area contributed by atoms with Crippen molar-refractivity contribution in [2.45, 2.75) is 0 Å². The predicted molar refractivity (Wildman–Crippen MR) is 75.6 cm³/mol. The average Bonchev–Trinajstić information content (AvgIpc) is 2.91. The van der Waals surface area contributed by atoms with Gasteiger partial charge in [-0.2, -0.15) is 5.10 Å². The second-order valence-corrected chi connectivity index (χ2v) is 4.40. The van der Waals surface area contributed by atoms with Crippen molar-refractivity contribution in [1.82, 2.24) is 10.4 Å². The summed E-state index contributed by atoms with van der Waals surface area (Å²) in [6, 6.07) is 5.27. The van der Waals surface area contributed by atoms with Gasteiger partial charge >= 0.3 is 0 Å². The molecule has 2 aromatic rings. The van der Waals surface area contributed by atoms with Gasteiger partial charge in [0, 0.05) is 23.1 Å². The molecule has 0 saturated heterocycles. The molecule has 2 aromatic heterocycles. The quantitative estimate of drug-likeness (QED) is 0.696. The van der Waals surface area contributed by atoms with Gasteiger partial charge in [-0.15, -0.1) is 0 Å². The van der Waals surface area contributed by atoms with Gasteiger partial charge < -0.3 is 4.42 Å². The number of hydrogen-bond acceptors (Lipinski definition) is 4. The van der Waals surface area contributed by atoms with E-state index in [0.717, 1.165) is 4.47 Å². The monoisotopic (exact) mass is 319 g/mol. The summed E-state index contributed by atoms with van der Waals surface area (Å²) in [6.45, 7) is 0. The summed E-state index contributed by atoms with van der Waals surface area (Å²) in [5.74, 6) is 0.394. The third-order valence-corrected chi connectivity index (χ3v) is 2.53. The summed E-state index contributed by atoms with van der Waals surface area (Å²) in [7, 11) is 0. The van der Waals surface area contributed by atoms with Gasteiger partial charge in [-0.25, -0.2) is 5.43 Å². The lowest BCUT2D eigenvalue weighted by Gasteiger charge is -1.98. The number of amides is 1. The van der Waals surface area contributed by atoms with Crippen molar-refractivity contribution in [1.29, 1.82) is 0 Å². The Kier molecular flexibility index (Phi) is 4.63. The highest BCUT2D eigenvalue weighted by Gasteiger charge is 2.04. The molecule has 96 valence electrons. The van der Waals surface area contributed by atoms with Crippen LogP contribution < -0.4 is 5.43 Å². The summed E-state index contributed by atoms with van der Waals surface area (Å²) in [5, 5.41) is 3.78. The van der Waals surface area contributed by atoms with E-state index in [1.807, 2.05) is 6.07 Å². The van der Waals surface area contributed by atoms with Crippen LogP contribution in [0, 0.1) is 0 Å². The predicted octanol–water partition coefficient (Wildman–Crippen LogP) is 2.87. The minimum Gasteiger partial charge on any atom is -0.465 e. The first kappa shape index (κ1) is 13.2. The van der Waals surface area contributed by atoms with E-state index in [-0.39, 0.29) is 5.91 Å². The molecule has 0 unspecified atom stereocenters. The first-order chi connectivity index (χ1) is 9.25. The SMILES string of the molecule is O=C(NN=CC=Cc1ccco1)c1cncc(Br)c1. The second kappa shape index (κ2) is 6.65. The summed E-state index contributed by atoms with van der Waals surface area (Å²) in [5.41, 5.74) is 2.83. The normalized spacial score (nSPS) is 11.2. The molecule has 1 amide bonds. The standard InChI is InChI=1S/C13H10BrN3O2/c14-11-7-10(8-15-9-11)13(18)17-16-5-1-3-12-4-2-6-19-12/h1-9H,(H,17,18).